The van der Waals surface area contributed by atoms with E-state index in [9.17, 15) is 26.4 Å². The van der Waals surface area contributed by atoms with E-state index < -0.39 is 38.7 Å². The lowest BCUT2D eigenvalue weighted by molar-refractivity contribution is -0.274. The smallest absolute Gasteiger partial charge is 0.406 e. The summed E-state index contributed by atoms with van der Waals surface area (Å²) in [6.07, 6.45) is -4.81. The van der Waals surface area contributed by atoms with Gasteiger partial charge in [-0.2, -0.15) is 0 Å². The minimum atomic E-state index is -4.81. The van der Waals surface area contributed by atoms with E-state index in [1.165, 1.54) is 17.0 Å². The molecule has 1 amide bonds. The second-order valence-electron chi connectivity index (χ2n) is 8.07. The molecule has 172 valence electrons. The van der Waals surface area contributed by atoms with Crippen LogP contribution < -0.4 is 4.74 Å². The van der Waals surface area contributed by atoms with Gasteiger partial charge in [0.2, 0.25) is 0 Å². The monoisotopic (exact) mass is 464 g/mol. The lowest BCUT2D eigenvalue weighted by Crippen LogP contribution is -2.71. The van der Waals surface area contributed by atoms with Crippen LogP contribution in [0.4, 0.5) is 13.2 Å². The van der Waals surface area contributed by atoms with Crippen molar-refractivity contribution in [1.82, 2.24) is 9.80 Å². The second-order valence-corrected chi connectivity index (χ2v) is 10.4. The van der Waals surface area contributed by atoms with Crippen molar-refractivity contribution in [2.45, 2.75) is 17.2 Å². The molecule has 3 heterocycles. The number of nitrogens with zero attached hydrogens (tertiary/aromatic N) is 2. The molecule has 3 aliphatic heterocycles. The number of amides is 1. The second kappa shape index (κ2) is 8.23. The molecule has 1 atom stereocenters. The van der Waals surface area contributed by atoms with Crippen LogP contribution in [-0.4, -0.2) is 99.6 Å². The third-order valence-electron chi connectivity index (χ3n) is 5.69. The fraction of sp³-hybridized carbons (Fsp3) is 0.632. The van der Waals surface area contributed by atoms with E-state index in [0.717, 1.165) is 12.1 Å². The van der Waals surface area contributed by atoms with Crippen LogP contribution in [0.3, 0.4) is 0 Å². The number of carbonyl (C=O) groups is 1. The van der Waals surface area contributed by atoms with Crippen LogP contribution in [0.25, 0.3) is 0 Å². The fourth-order valence-corrected chi connectivity index (χ4v) is 6.04. The lowest BCUT2D eigenvalue weighted by atomic mass is 9.94. The van der Waals surface area contributed by atoms with Crippen LogP contribution in [0.2, 0.25) is 0 Å². The van der Waals surface area contributed by atoms with Gasteiger partial charge in [0.05, 0.1) is 43.9 Å². The maximum atomic E-state index is 12.8. The molecule has 1 spiro atoms. The molecule has 0 unspecified atom stereocenters. The van der Waals surface area contributed by atoms with Crippen LogP contribution in [0.1, 0.15) is 10.4 Å². The van der Waals surface area contributed by atoms with Gasteiger partial charge in [0.15, 0.2) is 9.84 Å². The third-order valence-corrected chi connectivity index (χ3v) is 7.92. The van der Waals surface area contributed by atoms with Crippen molar-refractivity contribution in [3.05, 3.63) is 29.8 Å². The molecule has 12 heteroatoms. The van der Waals surface area contributed by atoms with E-state index in [1.807, 2.05) is 0 Å². The minimum absolute atomic E-state index is 0.0746. The van der Waals surface area contributed by atoms with Crippen molar-refractivity contribution in [2.24, 2.45) is 0 Å². The zero-order chi connectivity index (χ0) is 22.3. The topological polar surface area (TPSA) is 85.4 Å². The normalized spacial score (nSPS) is 25.8. The highest BCUT2D eigenvalue weighted by molar-refractivity contribution is 7.92. The Kier molecular flexibility index (Phi) is 5.92. The Morgan fingerprint density at radius 1 is 1.16 bits per heavy atom. The van der Waals surface area contributed by atoms with Crippen molar-refractivity contribution >= 4 is 15.7 Å². The summed E-state index contributed by atoms with van der Waals surface area (Å²) in [4.78, 5) is 16.1. The van der Waals surface area contributed by atoms with Gasteiger partial charge in [0, 0.05) is 25.2 Å². The molecular weight excluding hydrogens is 441 g/mol. The highest BCUT2D eigenvalue weighted by atomic mass is 32.2. The average Bonchev–Trinajstić information content (AvgIpc) is 2.67. The molecular formula is C19H23F3N2O6S. The summed E-state index contributed by atoms with van der Waals surface area (Å²) in [5.74, 6) is -0.977. The summed E-state index contributed by atoms with van der Waals surface area (Å²) >= 11 is 0. The number of morpholine rings is 1. The molecule has 0 aliphatic carbocycles. The lowest BCUT2D eigenvalue weighted by Gasteiger charge is -2.52. The van der Waals surface area contributed by atoms with E-state index in [4.69, 9.17) is 9.47 Å². The molecule has 0 radical (unpaired) electrons. The number of alkyl halides is 3. The number of carbonyl (C=O) groups excluding carboxylic acids is 1. The Bertz CT molecular complexity index is 910. The fourth-order valence-electron chi connectivity index (χ4n) is 4.09. The zero-order valence-corrected chi connectivity index (χ0v) is 17.5. The molecule has 3 fully saturated rings. The van der Waals surface area contributed by atoms with Gasteiger partial charge in [-0.3, -0.25) is 9.69 Å². The molecule has 3 saturated heterocycles. The van der Waals surface area contributed by atoms with E-state index in [2.05, 4.69) is 9.64 Å². The standard InChI is InChI=1S/C19H23F3N2O6S/c20-19(21,22)30-15-3-1-14(2-4-15)17(25)24-11-18(12-24)13-31(26,27)16(10-29-18)9-23-5-7-28-8-6-23/h1-4,16H,5-13H2/t16-/m0/s1. The first kappa shape index (κ1) is 22.3. The van der Waals surface area contributed by atoms with Crippen molar-refractivity contribution in [1.29, 1.82) is 0 Å². The number of rotatable bonds is 4. The van der Waals surface area contributed by atoms with Crippen LogP contribution >= 0.6 is 0 Å². The Balaban J connectivity index is 1.32. The van der Waals surface area contributed by atoms with Gasteiger partial charge in [0.25, 0.3) is 5.91 Å². The molecule has 0 aromatic heterocycles. The summed E-state index contributed by atoms with van der Waals surface area (Å²) < 4.78 is 77.4. The van der Waals surface area contributed by atoms with Crippen molar-refractivity contribution < 1.29 is 40.6 Å². The zero-order valence-electron chi connectivity index (χ0n) is 16.6. The van der Waals surface area contributed by atoms with Crippen LogP contribution in [-0.2, 0) is 19.3 Å². The third kappa shape index (κ3) is 5.13. The molecule has 0 saturated carbocycles. The Labute approximate surface area is 177 Å². The Morgan fingerprint density at radius 3 is 2.39 bits per heavy atom. The summed E-state index contributed by atoms with van der Waals surface area (Å²) in [5.41, 5.74) is -0.733. The van der Waals surface area contributed by atoms with E-state index in [0.29, 0.717) is 32.8 Å². The Hall–Kier alpha value is -1.89. The summed E-state index contributed by atoms with van der Waals surface area (Å²) in [5, 5.41) is -0.609. The number of benzene rings is 1. The molecule has 1 aromatic rings. The van der Waals surface area contributed by atoms with Gasteiger partial charge >= 0.3 is 6.36 Å². The number of ether oxygens (including phenoxy) is 3. The highest BCUT2D eigenvalue weighted by Gasteiger charge is 2.54. The van der Waals surface area contributed by atoms with Gasteiger partial charge in [0.1, 0.15) is 11.4 Å². The van der Waals surface area contributed by atoms with Gasteiger partial charge < -0.3 is 19.1 Å². The Morgan fingerprint density at radius 2 is 1.81 bits per heavy atom. The summed E-state index contributed by atoms with van der Waals surface area (Å²) in [6, 6.07) is 4.61. The van der Waals surface area contributed by atoms with Crippen molar-refractivity contribution in [3.8, 4) is 5.75 Å². The van der Waals surface area contributed by atoms with Gasteiger partial charge in [-0.25, -0.2) is 8.42 Å². The first-order valence-electron chi connectivity index (χ1n) is 9.86. The molecule has 1 aromatic carbocycles. The van der Waals surface area contributed by atoms with Crippen LogP contribution in [0.5, 0.6) is 5.75 Å². The SMILES string of the molecule is O=C(c1ccc(OC(F)(F)F)cc1)N1CC2(C1)CS(=O)(=O)[C@@H](CN1CCOCC1)CO2. The number of sulfone groups is 1. The molecule has 8 nitrogen and oxygen atoms in total. The predicted octanol–water partition coefficient (Wildman–Crippen LogP) is 0.926. The van der Waals surface area contributed by atoms with Crippen LogP contribution in [0.15, 0.2) is 24.3 Å². The molecule has 31 heavy (non-hydrogen) atoms. The molecule has 3 aliphatic rings. The molecule has 0 N–H and O–H groups in total. The van der Waals surface area contributed by atoms with Gasteiger partial charge in [-0.05, 0) is 24.3 Å². The summed E-state index contributed by atoms with van der Waals surface area (Å²) in [6.45, 7) is 3.25. The largest absolute Gasteiger partial charge is 0.573 e. The molecule has 0 bridgehead atoms. The average molecular weight is 464 g/mol. The first-order valence-corrected chi connectivity index (χ1v) is 11.6. The predicted molar refractivity (Wildman–Crippen MR) is 103 cm³/mol. The summed E-state index contributed by atoms with van der Waals surface area (Å²) in [7, 11) is -3.40. The van der Waals surface area contributed by atoms with E-state index in [-0.39, 0.29) is 31.0 Å². The number of hydrogen-bond donors (Lipinski definition) is 0. The number of halogens is 3. The van der Waals surface area contributed by atoms with Crippen molar-refractivity contribution in [3.63, 3.8) is 0 Å². The number of hydrogen-bond acceptors (Lipinski definition) is 7. The van der Waals surface area contributed by atoms with E-state index in [1.54, 1.807) is 0 Å². The maximum Gasteiger partial charge on any atom is 0.573 e. The molecule has 4 rings (SSSR count). The first-order chi connectivity index (χ1) is 14.6. The highest BCUT2D eigenvalue weighted by Crippen LogP contribution is 2.34. The van der Waals surface area contributed by atoms with Crippen LogP contribution in [0, 0.1) is 0 Å². The van der Waals surface area contributed by atoms with E-state index >= 15 is 0 Å². The van der Waals surface area contributed by atoms with Gasteiger partial charge in [-0.1, -0.05) is 0 Å². The maximum absolute atomic E-state index is 12.8. The quantitative estimate of drug-likeness (QED) is 0.655. The number of likely N-dealkylation sites (tertiary alicyclic amines) is 1. The minimum Gasteiger partial charge on any atom is -0.406 e. The van der Waals surface area contributed by atoms with Crippen molar-refractivity contribution in [2.75, 3.05) is 58.3 Å². The van der Waals surface area contributed by atoms with Gasteiger partial charge in [-0.15, -0.1) is 13.2 Å².